The van der Waals surface area contributed by atoms with E-state index in [0.717, 1.165) is 31.4 Å². The third-order valence-electron chi connectivity index (χ3n) is 5.04. The topological polar surface area (TPSA) is 67.4 Å². The van der Waals surface area contributed by atoms with E-state index in [1.54, 1.807) is 24.3 Å². The molecule has 0 atom stereocenters. The van der Waals surface area contributed by atoms with Crippen molar-refractivity contribution in [1.82, 2.24) is 0 Å². The van der Waals surface area contributed by atoms with Crippen LogP contribution in [-0.2, 0) is 4.79 Å². The molecule has 31 heavy (non-hydrogen) atoms. The Morgan fingerprint density at radius 1 is 0.774 bits per heavy atom. The minimum absolute atomic E-state index is 0.00196. The molecular formula is C26H36N2O3. The molecule has 0 spiro atoms. The Labute approximate surface area is 186 Å². The molecule has 0 bridgehead atoms. The molecule has 2 aromatic carbocycles. The van der Waals surface area contributed by atoms with Crippen molar-refractivity contribution in [3.8, 4) is 5.75 Å². The molecule has 2 amide bonds. The van der Waals surface area contributed by atoms with E-state index in [9.17, 15) is 9.59 Å². The van der Waals surface area contributed by atoms with E-state index in [-0.39, 0.29) is 11.8 Å². The average molecular weight is 425 g/mol. The Hall–Kier alpha value is -2.82. The molecule has 0 saturated carbocycles. The summed E-state index contributed by atoms with van der Waals surface area (Å²) in [5.41, 5.74) is 1.88. The van der Waals surface area contributed by atoms with E-state index < -0.39 is 0 Å². The molecule has 5 nitrogen and oxygen atoms in total. The number of hydrogen-bond acceptors (Lipinski definition) is 3. The maximum atomic E-state index is 12.6. The fourth-order valence-corrected chi connectivity index (χ4v) is 3.24. The Kier molecular flexibility index (Phi) is 11.2. The molecule has 0 aliphatic rings. The lowest BCUT2D eigenvalue weighted by Gasteiger charge is -2.10. The number of ether oxygens (including phenoxy) is 1. The predicted molar refractivity (Wildman–Crippen MR) is 128 cm³/mol. The number of hydrogen-bond donors (Lipinski definition) is 2. The van der Waals surface area contributed by atoms with Crippen LogP contribution in [0.2, 0.25) is 0 Å². The van der Waals surface area contributed by atoms with Crippen LogP contribution in [0.4, 0.5) is 11.4 Å². The largest absolute Gasteiger partial charge is 0.494 e. The summed E-state index contributed by atoms with van der Waals surface area (Å²) in [7, 11) is 0. The summed E-state index contributed by atoms with van der Waals surface area (Å²) in [6.07, 6.45) is 9.53. The van der Waals surface area contributed by atoms with Gasteiger partial charge in [-0.3, -0.25) is 9.59 Å². The van der Waals surface area contributed by atoms with E-state index in [2.05, 4.69) is 24.5 Å². The van der Waals surface area contributed by atoms with Crippen LogP contribution in [0.1, 0.15) is 82.0 Å². The highest BCUT2D eigenvalue weighted by molar-refractivity contribution is 6.04. The van der Waals surface area contributed by atoms with Crippen LogP contribution >= 0.6 is 0 Å². The van der Waals surface area contributed by atoms with Gasteiger partial charge in [0.05, 0.1) is 6.61 Å². The number of carbonyl (C=O) groups is 2. The van der Waals surface area contributed by atoms with Gasteiger partial charge in [0, 0.05) is 23.4 Å². The minimum Gasteiger partial charge on any atom is -0.494 e. The van der Waals surface area contributed by atoms with Crippen molar-refractivity contribution < 1.29 is 14.3 Å². The van der Waals surface area contributed by atoms with Gasteiger partial charge in [-0.05, 0) is 55.3 Å². The number of anilines is 2. The van der Waals surface area contributed by atoms with Crippen molar-refractivity contribution in [3.63, 3.8) is 0 Å². The first-order valence-corrected chi connectivity index (χ1v) is 11.6. The SMILES string of the molecule is CCCCCCCOc1ccc(C(=O)Nc2cccc(NC(=O)CCCCC)c2)cc1. The molecule has 0 aliphatic heterocycles. The zero-order chi connectivity index (χ0) is 22.3. The highest BCUT2D eigenvalue weighted by atomic mass is 16.5. The van der Waals surface area contributed by atoms with Gasteiger partial charge >= 0.3 is 0 Å². The quantitative estimate of drug-likeness (QED) is 0.327. The maximum Gasteiger partial charge on any atom is 0.255 e. The summed E-state index contributed by atoms with van der Waals surface area (Å²) in [6, 6.07) is 14.4. The molecule has 2 rings (SSSR count). The maximum absolute atomic E-state index is 12.6. The minimum atomic E-state index is -0.197. The van der Waals surface area contributed by atoms with Gasteiger partial charge in [-0.25, -0.2) is 0 Å². The van der Waals surface area contributed by atoms with E-state index in [1.165, 1.54) is 25.7 Å². The van der Waals surface area contributed by atoms with Gasteiger partial charge in [0.25, 0.3) is 5.91 Å². The Morgan fingerprint density at radius 2 is 1.42 bits per heavy atom. The third-order valence-corrected chi connectivity index (χ3v) is 5.04. The zero-order valence-corrected chi connectivity index (χ0v) is 18.9. The summed E-state index contributed by atoms with van der Waals surface area (Å²) >= 11 is 0. The van der Waals surface area contributed by atoms with Gasteiger partial charge in [-0.2, -0.15) is 0 Å². The molecule has 0 saturated heterocycles. The van der Waals surface area contributed by atoms with Crippen LogP contribution in [0.15, 0.2) is 48.5 Å². The second-order valence-electron chi connectivity index (χ2n) is 7.83. The molecule has 0 aliphatic carbocycles. The average Bonchev–Trinajstić information content (AvgIpc) is 2.77. The van der Waals surface area contributed by atoms with Crippen LogP contribution in [-0.4, -0.2) is 18.4 Å². The molecule has 168 valence electrons. The van der Waals surface area contributed by atoms with Gasteiger partial charge < -0.3 is 15.4 Å². The number of rotatable bonds is 14. The normalized spacial score (nSPS) is 10.5. The fourth-order valence-electron chi connectivity index (χ4n) is 3.24. The standard InChI is InChI=1S/C26H36N2O3/c1-3-5-7-8-10-19-31-24-17-15-21(16-18-24)26(30)28-23-13-11-12-22(20-23)27-25(29)14-9-6-4-2/h11-13,15-18,20H,3-10,14,19H2,1-2H3,(H,27,29)(H,28,30). The molecule has 5 heteroatoms. The van der Waals surface area contributed by atoms with Crippen LogP contribution < -0.4 is 15.4 Å². The van der Waals surface area contributed by atoms with E-state index in [0.29, 0.717) is 30.0 Å². The number of unbranched alkanes of at least 4 members (excludes halogenated alkanes) is 6. The van der Waals surface area contributed by atoms with E-state index >= 15 is 0 Å². The first-order chi connectivity index (χ1) is 15.1. The number of amides is 2. The summed E-state index contributed by atoms with van der Waals surface area (Å²) in [6.45, 7) is 5.02. The van der Waals surface area contributed by atoms with Crippen LogP contribution in [0, 0.1) is 0 Å². The second-order valence-corrected chi connectivity index (χ2v) is 7.83. The first-order valence-electron chi connectivity index (χ1n) is 11.6. The summed E-state index contributed by atoms with van der Waals surface area (Å²) in [5, 5.41) is 5.77. The molecular weight excluding hydrogens is 388 g/mol. The van der Waals surface area contributed by atoms with Gasteiger partial charge in [0.2, 0.25) is 5.91 Å². The Bertz CT molecular complexity index is 803. The van der Waals surface area contributed by atoms with Crippen molar-refractivity contribution in [2.24, 2.45) is 0 Å². The summed E-state index contributed by atoms with van der Waals surface area (Å²) in [5.74, 6) is 0.579. The molecule has 2 N–H and O–H groups in total. The van der Waals surface area contributed by atoms with Crippen molar-refractivity contribution in [2.75, 3.05) is 17.2 Å². The Balaban J connectivity index is 1.81. The lowest BCUT2D eigenvalue weighted by molar-refractivity contribution is -0.116. The number of nitrogens with one attached hydrogen (secondary N) is 2. The Morgan fingerprint density at radius 3 is 2.13 bits per heavy atom. The van der Waals surface area contributed by atoms with Crippen LogP contribution in [0.5, 0.6) is 5.75 Å². The van der Waals surface area contributed by atoms with Crippen LogP contribution in [0.25, 0.3) is 0 Å². The van der Waals surface area contributed by atoms with E-state index in [1.807, 2.05) is 24.3 Å². The molecule has 0 aromatic heterocycles. The third kappa shape index (κ3) is 9.69. The summed E-state index contributed by atoms with van der Waals surface area (Å²) in [4.78, 5) is 24.6. The number of benzene rings is 2. The highest BCUT2D eigenvalue weighted by Gasteiger charge is 2.08. The number of carbonyl (C=O) groups excluding carboxylic acids is 2. The molecule has 0 heterocycles. The van der Waals surface area contributed by atoms with Crippen molar-refractivity contribution in [3.05, 3.63) is 54.1 Å². The lowest BCUT2D eigenvalue weighted by atomic mass is 10.1. The first kappa shape index (κ1) is 24.4. The van der Waals surface area contributed by atoms with Crippen molar-refractivity contribution in [1.29, 1.82) is 0 Å². The van der Waals surface area contributed by atoms with Gasteiger partial charge in [0.15, 0.2) is 0 Å². The molecule has 0 radical (unpaired) electrons. The van der Waals surface area contributed by atoms with Crippen molar-refractivity contribution in [2.45, 2.75) is 71.6 Å². The smallest absolute Gasteiger partial charge is 0.255 e. The zero-order valence-electron chi connectivity index (χ0n) is 18.9. The summed E-state index contributed by atoms with van der Waals surface area (Å²) < 4.78 is 5.76. The van der Waals surface area contributed by atoms with Crippen molar-refractivity contribution >= 4 is 23.2 Å². The van der Waals surface area contributed by atoms with Gasteiger partial charge in [0.1, 0.15) is 5.75 Å². The van der Waals surface area contributed by atoms with E-state index in [4.69, 9.17) is 4.74 Å². The molecule has 2 aromatic rings. The molecule has 0 unspecified atom stereocenters. The second kappa shape index (κ2) is 14.2. The lowest BCUT2D eigenvalue weighted by Crippen LogP contribution is -2.13. The van der Waals surface area contributed by atoms with Gasteiger partial charge in [-0.15, -0.1) is 0 Å². The molecule has 0 fully saturated rings. The van der Waals surface area contributed by atoms with Crippen LogP contribution in [0.3, 0.4) is 0 Å². The van der Waals surface area contributed by atoms with Gasteiger partial charge in [-0.1, -0.05) is 58.4 Å². The highest BCUT2D eigenvalue weighted by Crippen LogP contribution is 2.18. The fraction of sp³-hybridized carbons (Fsp3) is 0.462. The predicted octanol–water partition coefficient (Wildman–Crippen LogP) is 6.81. The monoisotopic (exact) mass is 424 g/mol.